The number of benzene rings is 3. The van der Waals surface area contributed by atoms with Gasteiger partial charge >= 0.3 is 12.5 Å². The van der Waals surface area contributed by atoms with Crippen molar-refractivity contribution >= 4 is 35.5 Å². The summed E-state index contributed by atoms with van der Waals surface area (Å²) in [6, 6.07) is 17.8. The van der Waals surface area contributed by atoms with Gasteiger partial charge in [-0.3, -0.25) is 9.67 Å². The molecule has 14 heteroatoms. The van der Waals surface area contributed by atoms with Crippen LogP contribution in [-0.4, -0.2) is 52.1 Å². The number of aromatic nitrogens is 4. The minimum atomic E-state index is -4.89. The van der Waals surface area contributed by atoms with Crippen molar-refractivity contribution in [2.75, 3.05) is 20.4 Å². The third-order valence-corrected chi connectivity index (χ3v) is 9.84. The number of hydrogen-bond acceptors (Lipinski definition) is 5. The number of hydrogen-bond donors (Lipinski definition) is 0. The van der Waals surface area contributed by atoms with E-state index in [1.807, 2.05) is 26.3 Å². The van der Waals surface area contributed by atoms with E-state index in [4.69, 9.17) is 9.73 Å². The number of allylic oxidation sites excluding steroid dienone is 1. The fourth-order valence-corrected chi connectivity index (χ4v) is 6.48. The Morgan fingerprint density at radius 1 is 0.920 bits per heavy atom. The number of fused-ring (bicyclic) bond motifs is 1. The molecule has 1 fully saturated rings. The van der Waals surface area contributed by atoms with Gasteiger partial charge in [0.05, 0.1) is 24.9 Å². The first-order valence-electron chi connectivity index (χ1n) is 15.7. The molecule has 0 N–H and O–H groups in total. The van der Waals surface area contributed by atoms with Crippen LogP contribution in [0.25, 0.3) is 22.4 Å². The lowest BCUT2D eigenvalue weighted by Gasteiger charge is -2.17. The van der Waals surface area contributed by atoms with Gasteiger partial charge in [0.25, 0.3) is 0 Å². The molecule has 7 nitrogen and oxygen atoms in total. The van der Waals surface area contributed by atoms with Gasteiger partial charge in [0, 0.05) is 34.5 Å². The summed E-state index contributed by atoms with van der Waals surface area (Å²) in [6.07, 6.45) is -6.08. The summed E-state index contributed by atoms with van der Waals surface area (Å²) in [7, 11) is 0.818. The Morgan fingerprint density at radius 2 is 1.64 bits per heavy atom. The van der Waals surface area contributed by atoms with E-state index in [2.05, 4.69) is 14.9 Å². The van der Waals surface area contributed by atoms with Crippen molar-refractivity contribution in [2.24, 2.45) is 10.9 Å². The first kappa shape index (κ1) is 35.2. The SMILES string of the molecule is COc1ccc(Cn2nc(-n3cc4c(/C(N=C(C)c5ccc(P(C)C)cc5OC(F)(F)F)=C(/C)C5CC5)cccc4n3)cc2C(F)(F)F)cc1. The highest BCUT2D eigenvalue weighted by atomic mass is 31.1. The zero-order valence-corrected chi connectivity index (χ0v) is 28.8. The highest BCUT2D eigenvalue weighted by Gasteiger charge is 2.37. The average Bonchev–Trinajstić information content (AvgIpc) is 3.66. The van der Waals surface area contributed by atoms with Gasteiger partial charge in [0.2, 0.25) is 0 Å². The molecule has 0 radical (unpaired) electrons. The Bertz CT molecular complexity index is 2090. The third kappa shape index (κ3) is 7.72. The lowest BCUT2D eigenvalue weighted by molar-refractivity contribution is -0.274. The van der Waals surface area contributed by atoms with Crippen LogP contribution in [0.1, 0.15) is 49.1 Å². The van der Waals surface area contributed by atoms with E-state index >= 15 is 0 Å². The van der Waals surface area contributed by atoms with Crippen LogP contribution >= 0.6 is 7.92 Å². The maximum absolute atomic E-state index is 14.2. The Kier molecular flexibility index (Phi) is 9.56. The summed E-state index contributed by atoms with van der Waals surface area (Å²) in [4.78, 5) is 4.92. The van der Waals surface area contributed by atoms with Crippen LogP contribution in [0, 0.1) is 5.92 Å². The summed E-state index contributed by atoms with van der Waals surface area (Å²) in [6.45, 7) is 7.33. The molecule has 1 aliphatic rings. The van der Waals surface area contributed by atoms with Gasteiger partial charge in [-0.25, -0.2) is 4.68 Å². The minimum Gasteiger partial charge on any atom is -0.497 e. The van der Waals surface area contributed by atoms with Crippen LogP contribution in [0.3, 0.4) is 0 Å². The van der Waals surface area contributed by atoms with Crippen molar-refractivity contribution in [3.63, 3.8) is 0 Å². The minimum absolute atomic E-state index is 0.0297. The van der Waals surface area contributed by atoms with Gasteiger partial charge in [-0.2, -0.15) is 23.4 Å². The molecule has 6 rings (SSSR count). The number of aliphatic imine (C=N–C) groups is 1. The molecule has 1 aliphatic carbocycles. The van der Waals surface area contributed by atoms with E-state index in [0.717, 1.165) is 34.5 Å². The van der Waals surface area contributed by atoms with Crippen molar-refractivity contribution in [1.82, 2.24) is 19.6 Å². The number of ether oxygens (including phenoxy) is 2. The second-order valence-electron chi connectivity index (χ2n) is 12.3. The lowest BCUT2D eigenvalue weighted by Crippen LogP contribution is -2.20. The van der Waals surface area contributed by atoms with Gasteiger partial charge in [-0.05, 0) is 92.7 Å². The maximum atomic E-state index is 14.2. The molecule has 50 heavy (non-hydrogen) atoms. The molecule has 5 aromatic rings. The fourth-order valence-electron chi connectivity index (χ4n) is 5.73. The largest absolute Gasteiger partial charge is 0.573 e. The van der Waals surface area contributed by atoms with Crippen LogP contribution in [0.4, 0.5) is 26.3 Å². The van der Waals surface area contributed by atoms with Gasteiger partial charge in [0.15, 0.2) is 5.82 Å². The van der Waals surface area contributed by atoms with Crippen molar-refractivity contribution in [2.45, 2.75) is 45.8 Å². The summed E-state index contributed by atoms with van der Waals surface area (Å²) in [5.41, 5.74) is 2.83. The molecule has 262 valence electrons. The van der Waals surface area contributed by atoms with Crippen LogP contribution in [0.5, 0.6) is 11.5 Å². The predicted molar refractivity (Wildman–Crippen MR) is 183 cm³/mol. The molecular formula is C36H34F6N5O2P. The quantitative estimate of drug-likeness (QED) is 0.0823. The van der Waals surface area contributed by atoms with E-state index in [0.29, 0.717) is 39.2 Å². The monoisotopic (exact) mass is 713 g/mol. The zero-order valence-electron chi connectivity index (χ0n) is 27.9. The van der Waals surface area contributed by atoms with Crippen molar-refractivity contribution in [3.05, 3.63) is 101 Å². The number of alkyl halides is 6. The standard InChI is InChI=1S/C36H34F6N5O2P/c1-21(24-11-12-24)34(43-22(2)27-16-15-26(50(4)5)17-31(27)49-36(40,41)42)28-7-6-8-30-29(28)20-47(44-30)33-18-32(35(37,38)39)46(45-33)19-23-9-13-25(48-3)14-10-23/h6-10,13-18,20,24H,11-12,19H2,1-5H3/b34-21+,43-22?. The average molecular weight is 714 g/mol. The fraction of sp³-hybridized carbons (Fsp3) is 0.306. The third-order valence-electron chi connectivity index (χ3n) is 8.53. The Morgan fingerprint density at radius 3 is 2.26 bits per heavy atom. The Balaban J connectivity index is 1.43. The molecule has 0 amide bonds. The number of methoxy groups -OCH3 is 1. The predicted octanol–water partition coefficient (Wildman–Crippen LogP) is 9.21. The second-order valence-corrected chi connectivity index (χ2v) is 14.6. The van der Waals surface area contributed by atoms with Crippen LogP contribution in [-0.2, 0) is 12.7 Å². The van der Waals surface area contributed by atoms with Gasteiger partial charge in [-0.1, -0.05) is 38.3 Å². The highest BCUT2D eigenvalue weighted by molar-refractivity contribution is 7.64. The molecule has 2 heterocycles. The highest BCUT2D eigenvalue weighted by Crippen LogP contribution is 2.42. The number of rotatable bonds is 10. The Labute approximate surface area is 286 Å². The molecule has 3 aromatic carbocycles. The zero-order chi connectivity index (χ0) is 36.0. The van der Waals surface area contributed by atoms with Crippen molar-refractivity contribution in [1.29, 1.82) is 0 Å². The summed E-state index contributed by atoms with van der Waals surface area (Å²) >= 11 is 0. The molecule has 0 unspecified atom stereocenters. The molecule has 0 bridgehead atoms. The molecule has 0 atom stereocenters. The maximum Gasteiger partial charge on any atom is 0.573 e. The van der Waals surface area contributed by atoms with E-state index < -0.39 is 26.2 Å². The van der Waals surface area contributed by atoms with E-state index in [9.17, 15) is 26.3 Å². The Hall–Kier alpha value is -4.64. The van der Waals surface area contributed by atoms with Gasteiger partial charge < -0.3 is 9.47 Å². The topological polar surface area (TPSA) is 66.5 Å². The normalized spacial score (nSPS) is 14.8. The molecule has 0 spiro atoms. The van der Waals surface area contributed by atoms with Gasteiger partial charge in [0.1, 0.15) is 17.2 Å². The van der Waals surface area contributed by atoms with E-state index in [1.54, 1.807) is 61.7 Å². The smallest absolute Gasteiger partial charge is 0.497 e. The molecular weight excluding hydrogens is 679 g/mol. The van der Waals surface area contributed by atoms with E-state index in [1.165, 1.54) is 17.9 Å². The van der Waals surface area contributed by atoms with Crippen LogP contribution in [0.2, 0.25) is 0 Å². The molecule has 0 saturated heterocycles. The van der Waals surface area contributed by atoms with Crippen LogP contribution < -0.4 is 14.8 Å². The number of halogens is 6. The first-order valence-corrected chi connectivity index (χ1v) is 18.0. The summed E-state index contributed by atoms with van der Waals surface area (Å²) in [5.74, 6) is 0.465. The van der Waals surface area contributed by atoms with Crippen LogP contribution in [0.15, 0.2) is 83.5 Å². The van der Waals surface area contributed by atoms with Gasteiger partial charge in [-0.15, -0.1) is 13.2 Å². The first-order chi connectivity index (χ1) is 23.6. The summed E-state index contributed by atoms with van der Waals surface area (Å²) in [5, 5.41) is 10.2. The lowest BCUT2D eigenvalue weighted by atomic mass is 10.0. The van der Waals surface area contributed by atoms with E-state index in [-0.39, 0.29) is 29.6 Å². The van der Waals surface area contributed by atoms with Crippen molar-refractivity contribution in [3.8, 4) is 17.3 Å². The number of nitrogens with zero attached hydrogens (tertiary/aromatic N) is 5. The second kappa shape index (κ2) is 13.6. The molecule has 1 saturated carbocycles. The molecule has 2 aromatic heterocycles. The van der Waals surface area contributed by atoms with Crippen molar-refractivity contribution < 1.29 is 35.8 Å². The molecule has 0 aliphatic heterocycles. The summed E-state index contributed by atoms with van der Waals surface area (Å²) < 4.78 is 94.8.